The number of rotatable bonds is 4. The van der Waals surface area contributed by atoms with Crippen LogP contribution in [0.5, 0.6) is 0 Å². The fraction of sp³-hybridized carbons (Fsp3) is 0.714. The molecule has 47 valence electrons. The van der Waals surface area contributed by atoms with Gasteiger partial charge in [0.05, 0.1) is 6.61 Å². The molecule has 0 aromatic carbocycles. The minimum atomic E-state index is 0.0635. The van der Waals surface area contributed by atoms with Crippen molar-refractivity contribution in [2.45, 2.75) is 26.2 Å². The van der Waals surface area contributed by atoms with Gasteiger partial charge in [-0.3, -0.25) is 0 Å². The van der Waals surface area contributed by atoms with Crippen molar-refractivity contribution in [3.8, 4) is 0 Å². The minimum absolute atomic E-state index is 0.0635. The number of allylic oxidation sites excluding steroid dienone is 2. The molecule has 0 aliphatic carbocycles. The predicted molar refractivity (Wildman–Crippen MR) is 34.2 cm³/mol. The van der Waals surface area contributed by atoms with E-state index in [4.69, 9.17) is 0 Å². The zero-order chi connectivity index (χ0) is 6.24. The number of hydrogen-bond acceptors (Lipinski definition) is 0. The summed E-state index contributed by atoms with van der Waals surface area (Å²) in [6.45, 7) is 2.15. The van der Waals surface area contributed by atoms with Crippen LogP contribution in [0.15, 0.2) is 12.2 Å². The lowest BCUT2D eigenvalue weighted by Crippen LogP contribution is -1.75. The van der Waals surface area contributed by atoms with Crippen LogP contribution >= 0.6 is 0 Å². The van der Waals surface area contributed by atoms with Gasteiger partial charge < -0.3 is 0 Å². The summed E-state index contributed by atoms with van der Waals surface area (Å²) in [5, 5.41) is 9.86. The lowest BCUT2D eigenvalue weighted by molar-refractivity contribution is 0.190. The van der Waals surface area contributed by atoms with Crippen LogP contribution in [-0.4, -0.2) is 6.61 Å². The van der Waals surface area contributed by atoms with E-state index < -0.39 is 0 Å². The summed E-state index contributed by atoms with van der Waals surface area (Å²) in [6, 6.07) is 0. The van der Waals surface area contributed by atoms with Crippen LogP contribution in [0.25, 0.3) is 0 Å². The Balaban J connectivity index is 2.80. The summed E-state index contributed by atoms with van der Waals surface area (Å²) in [5.41, 5.74) is 0. The van der Waals surface area contributed by atoms with Gasteiger partial charge in [-0.05, 0) is 19.3 Å². The smallest absolute Gasteiger partial charge is 0.0825 e. The molecule has 0 fully saturated rings. The molecule has 0 spiro atoms. The van der Waals surface area contributed by atoms with Crippen LogP contribution in [0.4, 0.5) is 0 Å². The van der Waals surface area contributed by atoms with E-state index in [2.05, 4.69) is 19.1 Å². The van der Waals surface area contributed by atoms with Gasteiger partial charge in [-0.15, -0.1) is 0 Å². The maximum atomic E-state index is 9.86. The Hall–Kier alpha value is -0.300. The molecule has 0 amide bonds. The Labute approximate surface area is 51.0 Å². The molecule has 0 bridgehead atoms. The Morgan fingerprint density at radius 2 is 2.12 bits per heavy atom. The molecule has 8 heavy (non-hydrogen) atoms. The summed E-state index contributed by atoms with van der Waals surface area (Å²) in [7, 11) is 0. The van der Waals surface area contributed by atoms with Gasteiger partial charge in [-0.25, -0.2) is 5.11 Å². The van der Waals surface area contributed by atoms with Crippen LogP contribution in [0.1, 0.15) is 26.2 Å². The molecule has 0 aliphatic rings. The SMILES string of the molecule is CCC=CCCC[O]. The van der Waals surface area contributed by atoms with Crippen molar-refractivity contribution in [3.05, 3.63) is 12.2 Å². The molecule has 0 saturated heterocycles. The molecular formula is C7H13O. The van der Waals surface area contributed by atoms with Gasteiger partial charge in [0, 0.05) is 0 Å². The Bertz CT molecular complexity index is 57.4. The first kappa shape index (κ1) is 7.70. The first-order valence-electron chi connectivity index (χ1n) is 3.15. The average molecular weight is 113 g/mol. The summed E-state index contributed by atoms with van der Waals surface area (Å²) in [5.74, 6) is 0. The van der Waals surface area contributed by atoms with Crippen molar-refractivity contribution >= 4 is 0 Å². The zero-order valence-electron chi connectivity index (χ0n) is 5.39. The highest BCUT2D eigenvalue weighted by Crippen LogP contribution is 1.90. The standard InChI is InChI=1S/C7H13O/c1-2-3-4-5-6-7-8/h3-4H,2,5-7H2,1H3. The molecule has 1 heteroatoms. The Morgan fingerprint density at radius 1 is 1.38 bits per heavy atom. The Kier molecular flexibility index (Phi) is 6.45. The van der Waals surface area contributed by atoms with Gasteiger partial charge >= 0.3 is 0 Å². The molecule has 0 rings (SSSR count). The molecule has 0 aromatic heterocycles. The highest BCUT2D eigenvalue weighted by Gasteiger charge is 1.77. The highest BCUT2D eigenvalue weighted by atomic mass is 16.2. The lowest BCUT2D eigenvalue weighted by Gasteiger charge is -1.83. The van der Waals surface area contributed by atoms with E-state index in [0.717, 1.165) is 19.3 Å². The van der Waals surface area contributed by atoms with Crippen LogP contribution in [0, 0.1) is 0 Å². The summed E-state index contributed by atoms with van der Waals surface area (Å²) in [6.07, 6.45) is 6.99. The van der Waals surface area contributed by atoms with Crippen molar-refractivity contribution in [1.29, 1.82) is 0 Å². The van der Waals surface area contributed by atoms with Crippen LogP contribution in [-0.2, 0) is 5.11 Å². The number of unbranched alkanes of at least 4 members (excludes halogenated alkanes) is 1. The van der Waals surface area contributed by atoms with Crippen LogP contribution < -0.4 is 0 Å². The third-order valence-corrected chi connectivity index (χ3v) is 0.917. The molecule has 0 aromatic rings. The third-order valence-electron chi connectivity index (χ3n) is 0.917. The fourth-order valence-corrected chi connectivity index (χ4v) is 0.486. The fourth-order valence-electron chi connectivity index (χ4n) is 0.486. The maximum Gasteiger partial charge on any atom is 0.0825 e. The first-order chi connectivity index (χ1) is 3.91. The average Bonchev–Trinajstić information content (AvgIpc) is 1.81. The van der Waals surface area contributed by atoms with Gasteiger partial charge in [0.15, 0.2) is 0 Å². The van der Waals surface area contributed by atoms with E-state index >= 15 is 0 Å². The van der Waals surface area contributed by atoms with Crippen LogP contribution in [0.2, 0.25) is 0 Å². The van der Waals surface area contributed by atoms with Crippen molar-refractivity contribution < 1.29 is 5.11 Å². The van der Waals surface area contributed by atoms with Gasteiger partial charge in [-0.1, -0.05) is 19.1 Å². The monoisotopic (exact) mass is 113 g/mol. The van der Waals surface area contributed by atoms with Gasteiger partial charge in [0.25, 0.3) is 0 Å². The molecular weight excluding hydrogens is 100 g/mol. The third kappa shape index (κ3) is 5.70. The topological polar surface area (TPSA) is 19.9 Å². The predicted octanol–water partition coefficient (Wildman–Crippen LogP) is 2.16. The minimum Gasteiger partial charge on any atom is -0.237 e. The number of hydrogen-bond donors (Lipinski definition) is 0. The van der Waals surface area contributed by atoms with Crippen molar-refractivity contribution in [3.63, 3.8) is 0 Å². The zero-order valence-corrected chi connectivity index (χ0v) is 5.39. The van der Waals surface area contributed by atoms with E-state index in [1.165, 1.54) is 0 Å². The molecule has 0 unspecified atom stereocenters. The largest absolute Gasteiger partial charge is 0.237 e. The molecule has 0 heterocycles. The summed E-state index contributed by atoms with van der Waals surface area (Å²) >= 11 is 0. The van der Waals surface area contributed by atoms with Gasteiger partial charge in [0.2, 0.25) is 0 Å². The normalized spacial score (nSPS) is 10.8. The molecule has 1 nitrogen and oxygen atoms in total. The summed E-state index contributed by atoms with van der Waals surface area (Å²) in [4.78, 5) is 0. The van der Waals surface area contributed by atoms with E-state index in [1.807, 2.05) is 0 Å². The molecule has 1 radical (unpaired) electrons. The summed E-state index contributed by atoms with van der Waals surface area (Å²) < 4.78 is 0. The molecule has 0 atom stereocenters. The van der Waals surface area contributed by atoms with E-state index in [-0.39, 0.29) is 6.61 Å². The highest BCUT2D eigenvalue weighted by molar-refractivity contribution is 4.79. The second-order valence-corrected chi connectivity index (χ2v) is 1.73. The molecule has 0 aliphatic heterocycles. The van der Waals surface area contributed by atoms with E-state index in [9.17, 15) is 5.11 Å². The molecule has 0 saturated carbocycles. The quantitative estimate of drug-likeness (QED) is 0.393. The first-order valence-corrected chi connectivity index (χ1v) is 3.15. The Morgan fingerprint density at radius 3 is 2.62 bits per heavy atom. The lowest BCUT2D eigenvalue weighted by atomic mass is 10.3. The van der Waals surface area contributed by atoms with Crippen molar-refractivity contribution in [1.82, 2.24) is 0 Å². The van der Waals surface area contributed by atoms with Crippen molar-refractivity contribution in [2.75, 3.05) is 6.61 Å². The van der Waals surface area contributed by atoms with Crippen molar-refractivity contribution in [2.24, 2.45) is 0 Å². The van der Waals surface area contributed by atoms with E-state index in [0.29, 0.717) is 0 Å². The maximum absolute atomic E-state index is 9.86. The second-order valence-electron chi connectivity index (χ2n) is 1.73. The second kappa shape index (κ2) is 6.70. The van der Waals surface area contributed by atoms with E-state index in [1.54, 1.807) is 0 Å². The van der Waals surface area contributed by atoms with Crippen LogP contribution in [0.3, 0.4) is 0 Å². The molecule has 0 N–H and O–H groups in total. The van der Waals surface area contributed by atoms with Gasteiger partial charge in [-0.2, -0.15) is 0 Å². The van der Waals surface area contributed by atoms with Gasteiger partial charge in [0.1, 0.15) is 0 Å².